The van der Waals surface area contributed by atoms with Crippen molar-refractivity contribution in [2.45, 2.75) is 13.3 Å². The maximum atomic E-state index is 10.6. The van der Waals surface area contributed by atoms with Gasteiger partial charge in [0.2, 0.25) is 6.79 Å². The Bertz CT molecular complexity index is 420. The molecule has 0 bridgehead atoms. The Morgan fingerprint density at radius 1 is 1.44 bits per heavy atom. The third-order valence-corrected chi connectivity index (χ3v) is 2.66. The molecule has 0 aliphatic carbocycles. The normalized spacial score (nSPS) is 12.6. The smallest absolute Gasteiger partial charge is 0.275 e. The molecule has 0 aromatic heterocycles. The van der Waals surface area contributed by atoms with Gasteiger partial charge in [-0.1, -0.05) is 12.6 Å². The van der Waals surface area contributed by atoms with Gasteiger partial charge in [-0.2, -0.15) is 0 Å². The number of nitrogens with one attached hydrogen (secondary N) is 1. The molecule has 1 aliphatic heterocycles. The number of amides is 1. The van der Waals surface area contributed by atoms with Crippen LogP contribution in [-0.4, -0.2) is 18.6 Å². The summed E-state index contributed by atoms with van der Waals surface area (Å²) in [5, 5.41) is 2.34. The predicted octanol–water partition coefficient (Wildman–Crippen LogP) is 1.91. The molecule has 1 aromatic rings. The van der Waals surface area contributed by atoms with E-state index in [1.807, 2.05) is 19.1 Å². The molecule has 0 fully saturated rings. The van der Waals surface area contributed by atoms with Gasteiger partial charge in [0.25, 0.3) is 5.24 Å². The van der Waals surface area contributed by atoms with Crippen LogP contribution in [0.5, 0.6) is 11.5 Å². The third kappa shape index (κ3) is 2.41. The largest absolute Gasteiger partial charge is 0.454 e. The predicted molar refractivity (Wildman–Crippen MR) is 63.4 cm³/mol. The highest BCUT2D eigenvalue weighted by Gasteiger charge is 2.15. The number of carbonyl (C=O) groups is 1. The summed E-state index contributed by atoms with van der Waals surface area (Å²) in [5.41, 5.74) is 2.28. The number of hydrogen-bond donors (Lipinski definition) is 2. The second kappa shape index (κ2) is 4.65. The van der Waals surface area contributed by atoms with Crippen LogP contribution in [0.4, 0.5) is 4.79 Å². The van der Waals surface area contributed by atoms with Gasteiger partial charge in [-0.15, -0.1) is 0 Å². The van der Waals surface area contributed by atoms with Gasteiger partial charge >= 0.3 is 0 Å². The minimum absolute atomic E-state index is 0.283. The molecule has 0 spiro atoms. The summed E-state index contributed by atoms with van der Waals surface area (Å²) in [5.74, 6) is 1.57. The summed E-state index contributed by atoms with van der Waals surface area (Å²) in [6, 6.07) is 3.92. The van der Waals surface area contributed by atoms with E-state index < -0.39 is 0 Å². The topological polar surface area (TPSA) is 47.6 Å². The number of hydrogen-bond acceptors (Lipinski definition) is 3. The van der Waals surface area contributed by atoms with Crippen LogP contribution in [-0.2, 0) is 6.42 Å². The van der Waals surface area contributed by atoms with E-state index in [1.165, 1.54) is 0 Å². The molecular formula is C11H13NO3S. The fraction of sp³-hybridized carbons (Fsp3) is 0.364. The first-order valence-electron chi connectivity index (χ1n) is 5.03. The number of ether oxygens (including phenoxy) is 2. The van der Waals surface area contributed by atoms with Crippen LogP contribution in [0.25, 0.3) is 0 Å². The van der Waals surface area contributed by atoms with Gasteiger partial charge in [0.05, 0.1) is 0 Å². The molecule has 86 valence electrons. The zero-order valence-corrected chi connectivity index (χ0v) is 9.84. The first-order valence-corrected chi connectivity index (χ1v) is 5.47. The van der Waals surface area contributed by atoms with E-state index in [-0.39, 0.29) is 12.0 Å². The highest BCUT2D eigenvalue weighted by molar-refractivity contribution is 7.96. The van der Waals surface area contributed by atoms with Crippen LogP contribution in [0, 0.1) is 6.92 Å². The molecule has 0 unspecified atom stereocenters. The second-order valence-electron chi connectivity index (χ2n) is 3.61. The van der Waals surface area contributed by atoms with Crippen molar-refractivity contribution < 1.29 is 14.3 Å². The minimum atomic E-state index is -0.307. The van der Waals surface area contributed by atoms with Crippen LogP contribution in [0.3, 0.4) is 0 Å². The molecular weight excluding hydrogens is 226 g/mol. The summed E-state index contributed by atoms with van der Waals surface area (Å²) < 4.78 is 10.6. The minimum Gasteiger partial charge on any atom is -0.454 e. The Morgan fingerprint density at radius 2 is 2.12 bits per heavy atom. The Kier molecular flexibility index (Phi) is 3.24. The molecule has 16 heavy (non-hydrogen) atoms. The van der Waals surface area contributed by atoms with Crippen molar-refractivity contribution in [1.29, 1.82) is 0 Å². The zero-order chi connectivity index (χ0) is 11.5. The van der Waals surface area contributed by atoms with Crippen LogP contribution in [0.1, 0.15) is 11.1 Å². The molecule has 4 nitrogen and oxygen atoms in total. The average Bonchev–Trinajstić information content (AvgIpc) is 2.64. The molecule has 1 heterocycles. The van der Waals surface area contributed by atoms with E-state index in [1.54, 1.807) is 0 Å². The van der Waals surface area contributed by atoms with Gasteiger partial charge in [-0.05, 0) is 36.6 Å². The van der Waals surface area contributed by atoms with Crippen molar-refractivity contribution in [3.8, 4) is 11.5 Å². The molecule has 1 aromatic carbocycles. The molecule has 0 radical (unpaired) electrons. The summed E-state index contributed by atoms with van der Waals surface area (Å²) in [6.45, 7) is 2.87. The quantitative estimate of drug-likeness (QED) is 0.792. The lowest BCUT2D eigenvalue weighted by atomic mass is 10.0. The van der Waals surface area contributed by atoms with Crippen molar-refractivity contribution in [3.63, 3.8) is 0 Å². The van der Waals surface area contributed by atoms with Gasteiger partial charge in [-0.3, -0.25) is 4.79 Å². The standard InChI is InChI=1S/C11H13NO3S/c1-7-4-9-10(15-6-14-9)5-8(7)2-3-12-11(13)16/h4-5H,2-3,6H2,1H3,(H2,12,13,16). The van der Waals surface area contributed by atoms with Crippen molar-refractivity contribution in [3.05, 3.63) is 23.3 Å². The van der Waals surface area contributed by atoms with Gasteiger partial charge in [0.1, 0.15) is 0 Å². The number of benzene rings is 1. The Hall–Kier alpha value is -1.36. The molecule has 1 N–H and O–H groups in total. The highest BCUT2D eigenvalue weighted by Crippen LogP contribution is 2.34. The van der Waals surface area contributed by atoms with Crippen molar-refractivity contribution >= 4 is 17.9 Å². The summed E-state index contributed by atoms with van der Waals surface area (Å²) >= 11 is 3.64. The van der Waals surface area contributed by atoms with Crippen molar-refractivity contribution in [2.24, 2.45) is 0 Å². The maximum absolute atomic E-state index is 10.6. The summed E-state index contributed by atoms with van der Waals surface area (Å²) in [4.78, 5) is 10.6. The number of aryl methyl sites for hydroxylation is 1. The average molecular weight is 239 g/mol. The van der Waals surface area contributed by atoms with E-state index in [4.69, 9.17) is 9.47 Å². The lowest BCUT2D eigenvalue weighted by Crippen LogP contribution is -2.19. The molecule has 1 amide bonds. The summed E-state index contributed by atoms with van der Waals surface area (Å²) in [6.07, 6.45) is 0.759. The monoisotopic (exact) mass is 239 g/mol. The maximum Gasteiger partial charge on any atom is 0.275 e. The van der Waals surface area contributed by atoms with Gasteiger partial charge in [0, 0.05) is 6.54 Å². The third-order valence-electron chi connectivity index (χ3n) is 2.50. The molecule has 5 heteroatoms. The van der Waals surface area contributed by atoms with E-state index in [9.17, 15) is 4.79 Å². The van der Waals surface area contributed by atoms with E-state index >= 15 is 0 Å². The molecule has 2 rings (SSSR count). The van der Waals surface area contributed by atoms with Crippen LogP contribution < -0.4 is 14.8 Å². The van der Waals surface area contributed by atoms with Crippen molar-refractivity contribution in [2.75, 3.05) is 13.3 Å². The van der Waals surface area contributed by atoms with Crippen LogP contribution in [0.2, 0.25) is 0 Å². The lowest BCUT2D eigenvalue weighted by Gasteiger charge is -2.07. The number of carbonyl (C=O) groups excluding carboxylic acids is 1. The first-order chi connectivity index (χ1) is 7.66. The van der Waals surface area contributed by atoms with Gasteiger partial charge in [0.15, 0.2) is 11.5 Å². The summed E-state index contributed by atoms with van der Waals surface area (Å²) in [7, 11) is 0. The number of fused-ring (bicyclic) bond motifs is 1. The molecule has 0 saturated heterocycles. The number of thiol groups is 1. The van der Waals surface area contributed by atoms with Gasteiger partial charge < -0.3 is 14.8 Å². The Morgan fingerprint density at radius 3 is 2.81 bits per heavy atom. The first kappa shape index (κ1) is 11.1. The van der Waals surface area contributed by atoms with E-state index in [0.717, 1.165) is 29.0 Å². The molecule has 0 saturated carbocycles. The van der Waals surface area contributed by atoms with E-state index in [0.29, 0.717) is 6.54 Å². The molecule has 1 aliphatic rings. The van der Waals surface area contributed by atoms with Crippen LogP contribution in [0.15, 0.2) is 12.1 Å². The highest BCUT2D eigenvalue weighted by atomic mass is 32.1. The zero-order valence-electron chi connectivity index (χ0n) is 8.95. The number of rotatable bonds is 3. The molecule has 0 atom stereocenters. The van der Waals surface area contributed by atoms with Crippen LogP contribution >= 0.6 is 12.6 Å². The fourth-order valence-corrected chi connectivity index (χ4v) is 1.77. The van der Waals surface area contributed by atoms with Crippen molar-refractivity contribution in [1.82, 2.24) is 5.32 Å². The Balaban J connectivity index is 2.06. The SMILES string of the molecule is Cc1cc2c(cc1CCNC(=O)S)OCO2. The van der Waals surface area contributed by atoms with E-state index in [2.05, 4.69) is 17.9 Å². The fourth-order valence-electron chi connectivity index (χ4n) is 1.66. The van der Waals surface area contributed by atoms with Gasteiger partial charge in [-0.25, -0.2) is 0 Å². The second-order valence-corrected chi connectivity index (χ2v) is 4.02. The lowest BCUT2D eigenvalue weighted by molar-refractivity contribution is 0.174. The Labute approximate surface area is 99.3 Å².